The summed E-state index contributed by atoms with van der Waals surface area (Å²) in [7, 11) is 1.77. The van der Waals surface area contributed by atoms with Gasteiger partial charge in [-0.2, -0.15) is 0 Å². The van der Waals surface area contributed by atoms with E-state index in [1.165, 1.54) is 37.0 Å². The SMILES string of the molecule is CCC(=O)C(C)C(OC)C(Sc1ccccc1)C1CCCCC1. The van der Waals surface area contributed by atoms with Crippen LogP contribution in [0.4, 0.5) is 0 Å². The van der Waals surface area contributed by atoms with Gasteiger partial charge in [-0.1, -0.05) is 51.3 Å². The van der Waals surface area contributed by atoms with E-state index < -0.39 is 0 Å². The van der Waals surface area contributed by atoms with Crippen molar-refractivity contribution in [2.24, 2.45) is 11.8 Å². The van der Waals surface area contributed by atoms with Crippen LogP contribution in [-0.2, 0) is 9.53 Å². The smallest absolute Gasteiger partial charge is 0.138 e. The van der Waals surface area contributed by atoms with E-state index in [1.54, 1.807) is 7.11 Å². The first-order valence-electron chi connectivity index (χ1n) is 8.94. The maximum Gasteiger partial charge on any atom is 0.138 e. The maximum absolute atomic E-state index is 12.3. The van der Waals surface area contributed by atoms with Gasteiger partial charge in [0.2, 0.25) is 0 Å². The molecule has 1 aliphatic carbocycles. The zero-order chi connectivity index (χ0) is 16.7. The third kappa shape index (κ3) is 5.09. The summed E-state index contributed by atoms with van der Waals surface area (Å²) in [4.78, 5) is 13.5. The number of rotatable bonds is 8. The minimum atomic E-state index is -0.0341. The average Bonchev–Trinajstić information content (AvgIpc) is 2.62. The van der Waals surface area contributed by atoms with Gasteiger partial charge in [-0.3, -0.25) is 4.79 Å². The highest BCUT2D eigenvalue weighted by Gasteiger charge is 2.36. The van der Waals surface area contributed by atoms with Crippen LogP contribution in [0.1, 0.15) is 52.4 Å². The second-order valence-corrected chi connectivity index (χ2v) is 7.85. The number of thioether (sulfide) groups is 1. The fourth-order valence-corrected chi connectivity index (χ4v) is 5.25. The molecule has 0 spiro atoms. The zero-order valence-electron chi connectivity index (χ0n) is 14.7. The highest BCUT2D eigenvalue weighted by molar-refractivity contribution is 8.00. The molecule has 1 aromatic rings. The van der Waals surface area contributed by atoms with Crippen molar-refractivity contribution in [2.45, 2.75) is 68.6 Å². The van der Waals surface area contributed by atoms with Crippen molar-refractivity contribution < 1.29 is 9.53 Å². The van der Waals surface area contributed by atoms with Crippen LogP contribution >= 0.6 is 11.8 Å². The van der Waals surface area contributed by atoms with Gasteiger partial charge in [0.1, 0.15) is 5.78 Å². The molecule has 0 aliphatic heterocycles. The van der Waals surface area contributed by atoms with Gasteiger partial charge in [0.25, 0.3) is 0 Å². The lowest BCUT2D eigenvalue weighted by Gasteiger charge is -2.37. The molecule has 2 nitrogen and oxygen atoms in total. The Morgan fingerprint density at radius 3 is 2.43 bits per heavy atom. The molecule has 0 aromatic heterocycles. The highest BCUT2D eigenvalue weighted by atomic mass is 32.2. The summed E-state index contributed by atoms with van der Waals surface area (Å²) in [6, 6.07) is 10.6. The fourth-order valence-electron chi connectivity index (χ4n) is 3.68. The van der Waals surface area contributed by atoms with Crippen LogP contribution in [-0.4, -0.2) is 24.2 Å². The van der Waals surface area contributed by atoms with Crippen molar-refractivity contribution in [2.75, 3.05) is 7.11 Å². The van der Waals surface area contributed by atoms with Crippen LogP contribution < -0.4 is 0 Å². The third-order valence-corrected chi connectivity index (χ3v) is 6.54. The van der Waals surface area contributed by atoms with Gasteiger partial charge >= 0.3 is 0 Å². The summed E-state index contributed by atoms with van der Waals surface area (Å²) in [5.74, 6) is 0.922. The topological polar surface area (TPSA) is 26.3 Å². The van der Waals surface area contributed by atoms with Crippen LogP contribution in [0, 0.1) is 11.8 Å². The molecule has 2 rings (SSSR count). The van der Waals surface area contributed by atoms with Gasteiger partial charge in [0.05, 0.1) is 6.10 Å². The van der Waals surface area contributed by atoms with E-state index in [4.69, 9.17) is 4.74 Å². The Balaban J connectivity index is 2.21. The lowest BCUT2D eigenvalue weighted by molar-refractivity contribution is -0.126. The van der Waals surface area contributed by atoms with Crippen LogP contribution in [0.3, 0.4) is 0 Å². The van der Waals surface area contributed by atoms with Crippen molar-refractivity contribution in [3.63, 3.8) is 0 Å². The summed E-state index contributed by atoms with van der Waals surface area (Å²) in [6.45, 7) is 3.99. The van der Waals surface area contributed by atoms with Gasteiger partial charge in [-0.05, 0) is 30.9 Å². The summed E-state index contributed by atoms with van der Waals surface area (Å²) in [6.07, 6.45) is 7.08. The number of methoxy groups -OCH3 is 1. The van der Waals surface area contributed by atoms with Crippen molar-refractivity contribution in [1.82, 2.24) is 0 Å². The Bertz CT molecular complexity index is 468. The summed E-state index contributed by atoms with van der Waals surface area (Å²) in [5, 5.41) is 0.355. The molecule has 128 valence electrons. The van der Waals surface area contributed by atoms with Crippen molar-refractivity contribution in [3.8, 4) is 0 Å². The Morgan fingerprint density at radius 1 is 1.22 bits per heavy atom. The molecule has 23 heavy (non-hydrogen) atoms. The molecule has 0 amide bonds. The number of benzene rings is 1. The number of ketones is 1. The fraction of sp³-hybridized carbons (Fsp3) is 0.650. The van der Waals surface area contributed by atoms with Gasteiger partial charge < -0.3 is 4.74 Å². The van der Waals surface area contributed by atoms with Gasteiger partial charge in [0, 0.05) is 29.6 Å². The predicted molar refractivity (Wildman–Crippen MR) is 97.9 cm³/mol. The van der Waals surface area contributed by atoms with E-state index in [0.29, 0.717) is 23.4 Å². The van der Waals surface area contributed by atoms with Gasteiger partial charge in [-0.25, -0.2) is 0 Å². The second kappa shape index (κ2) is 9.48. The summed E-state index contributed by atoms with van der Waals surface area (Å²) >= 11 is 1.91. The third-order valence-electron chi connectivity index (χ3n) is 5.07. The Kier molecular flexibility index (Phi) is 7.64. The van der Waals surface area contributed by atoms with Crippen LogP contribution in [0.2, 0.25) is 0 Å². The highest BCUT2D eigenvalue weighted by Crippen LogP contribution is 2.40. The minimum absolute atomic E-state index is 0.00393. The predicted octanol–water partition coefficient (Wildman–Crippen LogP) is 5.36. The first-order chi connectivity index (χ1) is 11.2. The summed E-state index contributed by atoms with van der Waals surface area (Å²) < 4.78 is 5.88. The monoisotopic (exact) mass is 334 g/mol. The summed E-state index contributed by atoms with van der Waals surface area (Å²) in [5.41, 5.74) is 0. The first kappa shape index (κ1) is 18.5. The number of hydrogen-bond donors (Lipinski definition) is 0. The largest absolute Gasteiger partial charge is 0.380 e. The Morgan fingerprint density at radius 2 is 1.87 bits per heavy atom. The molecule has 3 unspecified atom stereocenters. The van der Waals surface area contributed by atoms with E-state index in [2.05, 4.69) is 30.3 Å². The number of ether oxygens (including phenoxy) is 1. The molecule has 1 fully saturated rings. The number of carbonyl (C=O) groups excluding carboxylic acids is 1. The lowest BCUT2D eigenvalue weighted by Crippen LogP contribution is -2.40. The quantitative estimate of drug-likeness (QED) is 0.599. The van der Waals surface area contributed by atoms with Crippen LogP contribution in [0.5, 0.6) is 0 Å². The second-order valence-electron chi connectivity index (χ2n) is 6.60. The molecule has 1 aromatic carbocycles. The molecular formula is C20H30O2S. The minimum Gasteiger partial charge on any atom is -0.380 e. The molecule has 3 heteroatoms. The maximum atomic E-state index is 12.3. The molecule has 0 radical (unpaired) electrons. The van der Waals surface area contributed by atoms with Gasteiger partial charge in [-0.15, -0.1) is 11.8 Å². The number of carbonyl (C=O) groups is 1. The van der Waals surface area contributed by atoms with Gasteiger partial charge in [0.15, 0.2) is 0 Å². The standard InChI is InChI=1S/C20H30O2S/c1-4-18(21)15(2)19(22-3)20(16-11-7-5-8-12-16)23-17-13-9-6-10-14-17/h6,9-10,13-16,19-20H,4-5,7-8,11-12H2,1-3H3. The first-order valence-corrected chi connectivity index (χ1v) is 9.82. The number of Topliss-reactive ketones (excluding diaryl/α,β-unsaturated/α-hetero) is 1. The van der Waals surface area contributed by atoms with E-state index in [0.717, 1.165) is 0 Å². The molecule has 0 bridgehead atoms. The van der Waals surface area contributed by atoms with E-state index >= 15 is 0 Å². The molecule has 1 saturated carbocycles. The Labute approximate surface area is 145 Å². The van der Waals surface area contributed by atoms with Crippen LogP contribution in [0.15, 0.2) is 35.2 Å². The van der Waals surface area contributed by atoms with Crippen molar-refractivity contribution in [3.05, 3.63) is 30.3 Å². The molecule has 0 saturated heterocycles. The van der Waals surface area contributed by atoms with Crippen LogP contribution in [0.25, 0.3) is 0 Å². The molecule has 1 aliphatic rings. The number of hydrogen-bond acceptors (Lipinski definition) is 3. The Hall–Kier alpha value is -0.800. The lowest BCUT2D eigenvalue weighted by atomic mass is 9.81. The van der Waals surface area contributed by atoms with Crippen molar-refractivity contribution >= 4 is 17.5 Å². The van der Waals surface area contributed by atoms with E-state index in [1.807, 2.05) is 25.6 Å². The zero-order valence-corrected chi connectivity index (χ0v) is 15.5. The molecule has 0 N–H and O–H groups in total. The average molecular weight is 335 g/mol. The molecular weight excluding hydrogens is 304 g/mol. The normalized spacial score (nSPS) is 20.0. The van der Waals surface area contributed by atoms with E-state index in [-0.39, 0.29) is 12.0 Å². The molecule has 3 atom stereocenters. The molecule has 0 heterocycles. The van der Waals surface area contributed by atoms with Crippen molar-refractivity contribution in [1.29, 1.82) is 0 Å². The van der Waals surface area contributed by atoms with E-state index in [9.17, 15) is 4.79 Å².